The van der Waals surface area contributed by atoms with Gasteiger partial charge >= 0.3 is 5.97 Å². The Morgan fingerprint density at radius 3 is 2.70 bits per heavy atom. The van der Waals surface area contributed by atoms with Gasteiger partial charge in [-0.3, -0.25) is 4.79 Å². The highest BCUT2D eigenvalue weighted by Crippen LogP contribution is 2.22. The van der Waals surface area contributed by atoms with Crippen LogP contribution >= 0.6 is 11.3 Å². The zero-order valence-corrected chi connectivity index (χ0v) is 12.1. The predicted octanol–water partition coefficient (Wildman–Crippen LogP) is 3.24. The van der Waals surface area contributed by atoms with Crippen LogP contribution in [-0.4, -0.2) is 17.0 Å². The van der Waals surface area contributed by atoms with Gasteiger partial charge in [-0.2, -0.15) is 0 Å². The highest BCUT2D eigenvalue weighted by molar-refractivity contribution is 7.12. The molecule has 0 atom stereocenters. The number of aromatic carboxylic acids is 1. The van der Waals surface area contributed by atoms with Gasteiger partial charge in [0.05, 0.1) is 12.1 Å². The van der Waals surface area contributed by atoms with Gasteiger partial charge in [-0.15, -0.1) is 11.3 Å². The van der Waals surface area contributed by atoms with Crippen LogP contribution in [0.5, 0.6) is 0 Å². The van der Waals surface area contributed by atoms with Crippen molar-refractivity contribution in [1.82, 2.24) is 0 Å². The van der Waals surface area contributed by atoms with Crippen LogP contribution in [0.3, 0.4) is 0 Å². The van der Waals surface area contributed by atoms with E-state index in [1.165, 1.54) is 0 Å². The summed E-state index contributed by atoms with van der Waals surface area (Å²) in [5.41, 5.74) is 3.46. The second kappa shape index (κ2) is 5.88. The molecule has 4 nitrogen and oxygen atoms in total. The maximum absolute atomic E-state index is 12.0. The number of rotatable bonds is 4. The number of anilines is 1. The summed E-state index contributed by atoms with van der Waals surface area (Å²) in [5, 5.41) is 13.3. The fourth-order valence-corrected chi connectivity index (χ4v) is 2.62. The number of amides is 1. The second-order valence-electron chi connectivity index (χ2n) is 4.62. The zero-order valence-electron chi connectivity index (χ0n) is 11.3. The van der Waals surface area contributed by atoms with Crippen molar-refractivity contribution >= 4 is 28.9 Å². The molecule has 0 saturated heterocycles. The maximum atomic E-state index is 12.0. The third-order valence-electron chi connectivity index (χ3n) is 2.99. The summed E-state index contributed by atoms with van der Waals surface area (Å²) in [4.78, 5) is 23.2. The number of carbonyl (C=O) groups excluding carboxylic acids is 1. The zero-order chi connectivity index (χ0) is 14.7. The van der Waals surface area contributed by atoms with E-state index in [1.807, 2.05) is 32.0 Å². The standard InChI is InChI=1S/C15H15NO3S/c1-9-3-4-10(2)11(7-9)8-13(17)16-12-5-6-20-14(12)15(18)19/h3-7H,8H2,1-2H3,(H,16,17)(H,18,19). The molecule has 0 spiro atoms. The van der Waals surface area contributed by atoms with Crippen molar-refractivity contribution < 1.29 is 14.7 Å². The molecule has 1 heterocycles. The van der Waals surface area contributed by atoms with E-state index in [2.05, 4.69) is 5.32 Å². The average Bonchev–Trinajstić information content (AvgIpc) is 2.82. The Labute approximate surface area is 121 Å². The molecule has 1 aromatic carbocycles. The fourth-order valence-electron chi connectivity index (χ4n) is 1.93. The minimum atomic E-state index is -1.03. The van der Waals surface area contributed by atoms with Crippen LogP contribution < -0.4 is 5.32 Å². The summed E-state index contributed by atoms with van der Waals surface area (Å²) in [6, 6.07) is 7.55. The topological polar surface area (TPSA) is 66.4 Å². The van der Waals surface area contributed by atoms with Crippen molar-refractivity contribution in [3.05, 3.63) is 51.2 Å². The molecule has 1 amide bonds. The first-order valence-corrected chi connectivity index (χ1v) is 7.02. The monoisotopic (exact) mass is 289 g/mol. The molecular weight excluding hydrogens is 274 g/mol. The van der Waals surface area contributed by atoms with Crippen LogP contribution in [-0.2, 0) is 11.2 Å². The van der Waals surface area contributed by atoms with Crippen LogP contribution in [0.25, 0.3) is 0 Å². The number of hydrogen-bond donors (Lipinski definition) is 2. The first-order valence-electron chi connectivity index (χ1n) is 6.14. The van der Waals surface area contributed by atoms with Gasteiger partial charge in [0, 0.05) is 0 Å². The van der Waals surface area contributed by atoms with E-state index in [4.69, 9.17) is 5.11 Å². The molecular formula is C15H15NO3S. The number of nitrogens with one attached hydrogen (secondary N) is 1. The van der Waals surface area contributed by atoms with Gasteiger partial charge in [0.15, 0.2) is 0 Å². The van der Waals surface area contributed by atoms with Crippen LogP contribution in [0.15, 0.2) is 29.6 Å². The molecule has 0 aliphatic carbocycles. The van der Waals surface area contributed by atoms with Gasteiger partial charge in [-0.25, -0.2) is 4.79 Å². The molecule has 2 aromatic rings. The Hall–Kier alpha value is -2.14. The number of aryl methyl sites for hydroxylation is 2. The van der Waals surface area contributed by atoms with Gasteiger partial charge < -0.3 is 10.4 Å². The van der Waals surface area contributed by atoms with Crippen molar-refractivity contribution in [2.24, 2.45) is 0 Å². The Kier molecular flexibility index (Phi) is 4.20. The molecule has 0 bridgehead atoms. The molecule has 0 saturated carbocycles. The normalized spacial score (nSPS) is 10.3. The Morgan fingerprint density at radius 1 is 1.25 bits per heavy atom. The highest BCUT2D eigenvalue weighted by Gasteiger charge is 2.14. The first kappa shape index (κ1) is 14.3. The van der Waals surface area contributed by atoms with Gasteiger partial charge in [-0.1, -0.05) is 23.8 Å². The molecule has 0 fully saturated rings. The average molecular weight is 289 g/mol. The number of hydrogen-bond acceptors (Lipinski definition) is 3. The SMILES string of the molecule is Cc1ccc(C)c(CC(=O)Nc2ccsc2C(=O)O)c1. The molecule has 0 aliphatic rings. The summed E-state index contributed by atoms with van der Waals surface area (Å²) >= 11 is 1.10. The number of carboxylic acid groups (broad SMARTS) is 1. The van der Waals surface area contributed by atoms with Gasteiger partial charge in [0.2, 0.25) is 5.91 Å². The lowest BCUT2D eigenvalue weighted by atomic mass is 10.0. The second-order valence-corrected chi connectivity index (χ2v) is 5.54. The quantitative estimate of drug-likeness (QED) is 0.908. The molecule has 0 radical (unpaired) electrons. The smallest absolute Gasteiger partial charge is 0.348 e. The summed E-state index contributed by atoms with van der Waals surface area (Å²) in [6.07, 6.45) is 0.239. The van der Waals surface area contributed by atoms with Crippen molar-refractivity contribution in [1.29, 1.82) is 0 Å². The number of carboxylic acids is 1. The molecule has 2 rings (SSSR count). The number of benzene rings is 1. The molecule has 0 unspecified atom stereocenters. The molecule has 20 heavy (non-hydrogen) atoms. The number of thiophene rings is 1. The predicted molar refractivity (Wildman–Crippen MR) is 79.5 cm³/mol. The van der Waals surface area contributed by atoms with Crippen molar-refractivity contribution in [3.63, 3.8) is 0 Å². The van der Waals surface area contributed by atoms with E-state index in [9.17, 15) is 9.59 Å². The maximum Gasteiger partial charge on any atom is 0.348 e. The van der Waals surface area contributed by atoms with Gasteiger partial charge in [0.1, 0.15) is 4.88 Å². The summed E-state index contributed by atoms with van der Waals surface area (Å²) in [7, 11) is 0. The van der Waals surface area contributed by atoms with E-state index in [0.29, 0.717) is 5.69 Å². The number of carbonyl (C=O) groups is 2. The van der Waals surface area contributed by atoms with Crippen molar-refractivity contribution in [2.45, 2.75) is 20.3 Å². The summed E-state index contributed by atoms with van der Waals surface area (Å²) < 4.78 is 0. The van der Waals surface area contributed by atoms with Crippen molar-refractivity contribution in [3.8, 4) is 0 Å². The molecule has 2 N–H and O–H groups in total. The molecule has 104 valence electrons. The third kappa shape index (κ3) is 3.24. The highest BCUT2D eigenvalue weighted by atomic mass is 32.1. The van der Waals surface area contributed by atoms with Gasteiger partial charge in [-0.05, 0) is 36.4 Å². The largest absolute Gasteiger partial charge is 0.477 e. The molecule has 5 heteroatoms. The van der Waals surface area contributed by atoms with E-state index >= 15 is 0 Å². The van der Waals surface area contributed by atoms with Crippen LogP contribution in [0.1, 0.15) is 26.4 Å². The van der Waals surface area contributed by atoms with E-state index < -0.39 is 5.97 Å². The Bertz CT molecular complexity index is 661. The lowest BCUT2D eigenvalue weighted by Gasteiger charge is -2.08. The first-order chi connectivity index (χ1) is 9.47. The minimum Gasteiger partial charge on any atom is -0.477 e. The third-order valence-corrected chi connectivity index (χ3v) is 3.89. The summed E-state index contributed by atoms with van der Waals surface area (Å²) in [5.74, 6) is -1.23. The Balaban J connectivity index is 2.11. The van der Waals surface area contributed by atoms with Crippen LogP contribution in [0.4, 0.5) is 5.69 Å². The van der Waals surface area contributed by atoms with Crippen molar-refractivity contribution in [2.75, 3.05) is 5.32 Å². The van der Waals surface area contributed by atoms with Gasteiger partial charge in [0.25, 0.3) is 0 Å². The summed E-state index contributed by atoms with van der Waals surface area (Å²) in [6.45, 7) is 3.93. The fraction of sp³-hybridized carbons (Fsp3) is 0.200. The lowest BCUT2D eigenvalue weighted by molar-refractivity contribution is -0.115. The van der Waals surface area contributed by atoms with E-state index in [-0.39, 0.29) is 17.2 Å². The molecule has 1 aromatic heterocycles. The molecule has 0 aliphatic heterocycles. The lowest BCUT2D eigenvalue weighted by Crippen LogP contribution is -2.16. The van der Waals surface area contributed by atoms with E-state index in [1.54, 1.807) is 11.4 Å². The minimum absolute atomic E-state index is 0.152. The Morgan fingerprint density at radius 2 is 2.00 bits per heavy atom. The van der Waals surface area contributed by atoms with Crippen LogP contribution in [0.2, 0.25) is 0 Å². The van der Waals surface area contributed by atoms with Crippen LogP contribution in [0, 0.1) is 13.8 Å². The van der Waals surface area contributed by atoms with E-state index in [0.717, 1.165) is 28.0 Å².